The largest absolute Gasteiger partial charge is 0.480 e. The Morgan fingerprint density at radius 3 is 2.39 bits per heavy atom. The van der Waals surface area contributed by atoms with Crippen molar-refractivity contribution in [3.8, 4) is 0 Å². The maximum absolute atomic E-state index is 10.8. The molecule has 0 unspecified atom stereocenters. The van der Waals surface area contributed by atoms with Gasteiger partial charge in [-0.1, -0.05) is 26.8 Å². The van der Waals surface area contributed by atoms with Gasteiger partial charge in [0.15, 0.2) is 0 Å². The Balaban J connectivity index is 2.95. The standard InChI is InChI=1S/C14H21NO3/c1-9-7-10(15-12(8-16)13(17)18)5-6-11(9)14(2,3)4/h5-7,12,15-16H,8H2,1-4H3,(H,17,18)/t12-/m1/s1. The molecule has 1 atom stereocenters. The Morgan fingerprint density at radius 1 is 1.39 bits per heavy atom. The van der Waals surface area contributed by atoms with Crippen LogP contribution in [0.4, 0.5) is 5.69 Å². The third-order valence-corrected chi connectivity index (χ3v) is 2.86. The molecule has 0 bridgehead atoms. The molecule has 0 aliphatic rings. The van der Waals surface area contributed by atoms with E-state index in [1.54, 1.807) is 0 Å². The number of aryl methyl sites for hydroxylation is 1. The first-order valence-corrected chi connectivity index (χ1v) is 5.97. The quantitative estimate of drug-likeness (QED) is 0.767. The van der Waals surface area contributed by atoms with Gasteiger partial charge in [0.2, 0.25) is 0 Å². The number of nitrogens with one attached hydrogen (secondary N) is 1. The van der Waals surface area contributed by atoms with E-state index in [1.165, 1.54) is 5.56 Å². The van der Waals surface area contributed by atoms with Gasteiger partial charge in [0.1, 0.15) is 6.04 Å². The maximum Gasteiger partial charge on any atom is 0.328 e. The fourth-order valence-electron chi connectivity index (χ4n) is 1.98. The molecule has 0 aromatic heterocycles. The molecule has 0 aliphatic heterocycles. The topological polar surface area (TPSA) is 69.6 Å². The highest BCUT2D eigenvalue weighted by Crippen LogP contribution is 2.27. The SMILES string of the molecule is Cc1cc(N[C@H](CO)C(=O)O)ccc1C(C)(C)C. The van der Waals surface area contributed by atoms with Crippen molar-refractivity contribution in [3.05, 3.63) is 29.3 Å². The van der Waals surface area contributed by atoms with Gasteiger partial charge in [0.25, 0.3) is 0 Å². The van der Waals surface area contributed by atoms with E-state index in [1.807, 2.05) is 25.1 Å². The van der Waals surface area contributed by atoms with E-state index in [-0.39, 0.29) is 5.41 Å². The molecular formula is C14H21NO3. The monoisotopic (exact) mass is 251 g/mol. The van der Waals surface area contributed by atoms with Gasteiger partial charge >= 0.3 is 5.97 Å². The molecule has 4 heteroatoms. The molecule has 0 amide bonds. The first-order valence-electron chi connectivity index (χ1n) is 5.97. The molecule has 18 heavy (non-hydrogen) atoms. The zero-order valence-electron chi connectivity index (χ0n) is 11.3. The number of anilines is 1. The molecule has 0 radical (unpaired) electrons. The second-order valence-electron chi connectivity index (χ2n) is 5.50. The lowest BCUT2D eigenvalue weighted by atomic mass is 9.84. The number of benzene rings is 1. The van der Waals surface area contributed by atoms with Gasteiger partial charge in [-0.3, -0.25) is 0 Å². The summed E-state index contributed by atoms with van der Waals surface area (Å²) >= 11 is 0. The van der Waals surface area contributed by atoms with E-state index in [9.17, 15) is 4.79 Å². The van der Waals surface area contributed by atoms with E-state index in [4.69, 9.17) is 10.2 Å². The third kappa shape index (κ3) is 3.47. The minimum Gasteiger partial charge on any atom is -0.480 e. The van der Waals surface area contributed by atoms with Crippen molar-refractivity contribution in [2.75, 3.05) is 11.9 Å². The number of hydrogen-bond acceptors (Lipinski definition) is 3. The summed E-state index contributed by atoms with van der Waals surface area (Å²) in [5.74, 6) is -1.06. The molecule has 3 N–H and O–H groups in total. The van der Waals surface area contributed by atoms with Crippen molar-refractivity contribution >= 4 is 11.7 Å². The normalized spacial score (nSPS) is 13.2. The van der Waals surface area contributed by atoms with Crippen molar-refractivity contribution in [2.24, 2.45) is 0 Å². The van der Waals surface area contributed by atoms with Crippen LogP contribution in [0.25, 0.3) is 0 Å². The third-order valence-electron chi connectivity index (χ3n) is 2.86. The zero-order chi connectivity index (χ0) is 13.9. The van der Waals surface area contributed by atoms with Gasteiger partial charge in [-0.05, 0) is 35.6 Å². The van der Waals surface area contributed by atoms with E-state index in [0.29, 0.717) is 5.69 Å². The molecule has 1 aromatic rings. The van der Waals surface area contributed by atoms with Crippen molar-refractivity contribution < 1.29 is 15.0 Å². The van der Waals surface area contributed by atoms with Gasteiger partial charge in [-0.25, -0.2) is 4.79 Å². The Kier molecular flexibility index (Phi) is 4.35. The summed E-state index contributed by atoms with van der Waals surface area (Å²) in [7, 11) is 0. The lowest BCUT2D eigenvalue weighted by Crippen LogP contribution is -2.32. The molecule has 4 nitrogen and oxygen atoms in total. The minimum absolute atomic E-state index is 0.0613. The maximum atomic E-state index is 10.8. The van der Waals surface area contributed by atoms with E-state index < -0.39 is 18.6 Å². The van der Waals surface area contributed by atoms with Crippen LogP contribution in [-0.4, -0.2) is 28.8 Å². The molecule has 0 aliphatic carbocycles. The van der Waals surface area contributed by atoms with Gasteiger partial charge in [-0.2, -0.15) is 0 Å². The zero-order valence-corrected chi connectivity index (χ0v) is 11.3. The molecule has 0 saturated carbocycles. The number of aliphatic carboxylic acids is 1. The predicted octanol–water partition coefficient (Wildman–Crippen LogP) is 2.15. The van der Waals surface area contributed by atoms with Crippen LogP contribution in [0.5, 0.6) is 0 Å². The lowest BCUT2D eigenvalue weighted by molar-refractivity contribution is -0.138. The molecule has 0 heterocycles. The van der Waals surface area contributed by atoms with Crippen molar-refractivity contribution in [1.82, 2.24) is 0 Å². The number of rotatable bonds is 4. The molecule has 1 aromatic carbocycles. The number of carboxylic acid groups (broad SMARTS) is 1. The van der Waals surface area contributed by atoms with Gasteiger partial charge < -0.3 is 15.5 Å². The number of carbonyl (C=O) groups is 1. The highest BCUT2D eigenvalue weighted by Gasteiger charge is 2.18. The van der Waals surface area contributed by atoms with Crippen LogP contribution in [0, 0.1) is 6.92 Å². The van der Waals surface area contributed by atoms with Crippen LogP contribution >= 0.6 is 0 Å². The number of carboxylic acids is 1. The molecule has 100 valence electrons. The summed E-state index contributed by atoms with van der Waals surface area (Å²) in [4.78, 5) is 10.8. The molecule has 1 rings (SSSR count). The fourth-order valence-corrected chi connectivity index (χ4v) is 1.98. The van der Waals surface area contributed by atoms with Crippen LogP contribution in [0.2, 0.25) is 0 Å². The molecule has 0 saturated heterocycles. The average molecular weight is 251 g/mol. The van der Waals surface area contributed by atoms with E-state index in [2.05, 4.69) is 26.1 Å². The summed E-state index contributed by atoms with van der Waals surface area (Å²) in [5.41, 5.74) is 3.10. The van der Waals surface area contributed by atoms with Crippen molar-refractivity contribution in [3.63, 3.8) is 0 Å². The number of aliphatic hydroxyl groups is 1. The van der Waals surface area contributed by atoms with Crippen LogP contribution in [0.15, 0.2) is 18.2 Å². The fraction of sp³-hybridized carbons (Fsp3) is 0.500. The number of hydrogen-bond donors (Lipinski definition) is 3. The second kappa shape index (κ2) is 5.40. The Hall–Kier alpha value is -1.55. The summed E-state index contributed by atoms with van der Waals surface area (Å²) < 4.78 is 0. The molecule has 0 fully saturated rings. The van der Waals surface area contributed by atoms with Gasteiger partial charge in [0.05, 0.1) is 6.61 Å². The summed E-state index contributed by atoms with van der Waals surface area (Å²) in [6.45, 7) is 7.97. The highest BCUT2D eigenvalue weighted by atomic mass is 16.4. The van der Waals surface area contributed by atoms with E-state index >= 15 is 0 Å². The first-order chi connectivity index (χ1) is 8.25. The van der Waals surface area contributed by atoms with E-state index in [0.717, 1.165) is 5.56 Å². The lowest BCUT2D eigenvalue weighted by Gasteiger charge is -2.23. The Morgan fingerprint density at radius 2 is 2.00 bits per heavy atom. The highest BCUT2D eigenvalue weighted by molar-refractivity contribution is 5.77. The van der Waals surface area contributed by atoms with Gasteiger partial charge in [0, 0.05) is 5.69 Å². The second-order valence-corrected chi connectivity index (χ2v) is 5.50. The van der Waals surface area contributed by atoms with Gasteiger partial charge in [-0.15, -0.1) is 0 Å². The number of aliphatic hydroxyl groups excluding tert-OH is 1. The smallest absolute Gasteiger partial charge is 0.328 e. The molecular weight excluding hydrogens is 230 g/mol. The van der Waals surface area contributed by atoms with Crippen LogP contribution < -0.4 is 5.32 Å². The summed E-state index contributed by atoms with van der Waals surface area (Å²) in [5, 5.41) is 20.6. The minimum atomic E-state index is -1.06. The van der Waals surface area contributed by atoms with Crippen molar-refractivity contribution in [1.29, 1.82) is 0 Å². The van der Waals surface area contributed by atoms with Crippen molar-refractivity contribution in [2.45, 2.75) is 39.2 Å². The van der Waals surface area contributed by atoms with Crippen LogP contribution in [-0.2, 0) is 10.2 Å². The van der Waals surface area contributed by atoms with Crippen LogP contribution in [0.1, 0.15) is 31.9 Å². The summed E-state index contributed by atoms with van der Waals surface area (Å²) in [6.07, 6.45) is 0. The summed E-state index contributed by atoms with van der Waals surface area (Å²) in [6, 6.07) is 4.78. The molecule has 0 spiro atoms. The Bertz CT molecular complexity index is 435. The first kappa shape index (κ1) is 14.5. The van der Waals surface area contributed by atoms with Crippen LogP contribution in [0.3, 0.4) is 0 Å². The predicted molar refractivity (Wildman–Crippen MR) is 72.0 cm³/mol. The average Bonchev–Trinajstić information content (AvgIpc) is 2.23. The Labute approximate surface area is 108 Å².